The lowest BCUT2D eigenvalue weighted by Gasteiger charge is -2.06. The van der Waals surface area contributed by atoms with Crippen LogP contribution in [0.5, 0.6) is 0 Å². The van der Waals surface area contributed by atoms with Crippen LogP contribution < -0.4 is 5.32 Å². The van der Waals surface area contributed by atoms with Gasteiger partial charge in [0.25, 0.3) is 5.91 Å². The second-order valence-electron chi connectivity index (χ2n) is 3.11. The summed E-state index contributed by atoms with van der Waals surface area (Å²) in [5.41, 5.74) is 0.0429. The Labute approximate surface area is 112 Å². The Hall–Kier alpha value is -0.990. The number of nitrogens with one attached hydrogen (secondary N) is 1. The van der Waals surface area contributed by atoms with Crippen molar-refractivity contribution in [3.8, 4) is 12.3 Å². The minimum Gasteiger partial charge on any atom is -0.351 e. The van der Waals surface area contributed by atoms with Gasteiger partial charge in [-0.15, -0.1) is 18.2 Å². The minimum atomic E-state index is -0.540. The molecule has 0 aliphatic rings. The predicted octanol–water partition coefficient (Wildman–Crippen LogP) is 2.68. The Kier molecular flexibility index (Phi) is 6.09. The third-order valence-electron chi connectivity index (χ3n) is 1.91. The van der Waals surface area contributed by atoms with E-state index in [0.29, 0.717) is 18.1 Å². The first kappa shape index (κ1) is 14.1. The van der Waals surface area contributed by atoms with E-state index in [4.69, 9.17) is 6.42 Å². The highest BCUT2D eigenvalue weighted by Crippen LogP contribution is 2.18. The number of thioether (sulfide) groups is 1. The molecule has 0 saturated heterocycles. The maximum atomic E-state index is 13.5. The Morgan fingerprint density at radius 3 is 3.06 bits per heavy atom. The van der Waals surface area contributed by atoms with Gasteiger partial charge in [0.15, 0.2) is 0 Å². The predicted molar refractivity (Wildman–Crippen MR) is 72.6 cm³/mol. The van der Waals surface area contributed by atoms with E-state index in [1.807, 2.05) is 0 Å². The Bertz CT molecular complexity index is 445. The summed E-state index contributed by atoms with van der Waals surface area (Å²) in [6, 6.07) is 4.62. The van der Waals surface area contributed by atoms with Gasteiger partial charge in [0, 0.05) is 12.3 Å². The zero-order valence-electron chi connectivity index (χ0n) is 9.00. The molecular formula is C12H11BrFNOS. The molecule has 1 amide bonds. The highest BCUT2D eigenvalue weighted by molar-refractivity contribution is 9.10. The first-order chi connectivity index (χ1) is 8.16. The first-order valence-electron chi connectivity index (χ1n) is 4.90. The smallest absolute Gasteiger partial charge is 0.254 e. The molecule has 1 aromatic carbocycles. The number of benzene rings is 1. The largest absolute Gasteiger partial charge is 0.351 e. The number of terminal acetylenes is 1. The second-order valence-corrected chi connectivity index (χ2v) is 5.07. The lowest BCUT2D eigenvalue weighted by molar-refractivity contribution is 0.0952. The number of rotatable bonds is 5. The van der Waals surface area contributed by atoms with Gasteiger partial charge in [0.1, 0.15) is 5.82 Å². The van der Waals surface area contributed by atoms with Crippen LogP contribution in [-0.2, 0) is 0 Å². The van der Waals surface area contributed by atoms with Gasteiger partial charge in [-0.25, -0.2) is 4.39 Å². The van der Waals surface area contributed by atoms with Gasteiger partial charge >= 0.3 is 0 Å². The fourth-order valence-corrected chi connectivity index (χ4v) is 2.02. The molecule has 90 valence electrons. The fraction of sp³-hybridized carbons (Fsp3) is 0.250. The monoisotopic (exact) mass is 315 g/mol. The van der Waals surface area contributed by atoms with E-state index in [9.17, 15) is 9.18 Å². The molecule has 1 aromatic rings. The van der Waals surface area contributed by atoms with Crippen molar-refractivity contribution in [2.75, 3.05) is 18.1 Å². The first-order valence-corrected chi connectivity index (χ1v) is 6.85. The zero-order chi connectivity index (χ0) is 12.7. The average molecular weight is 316 g/mol. The van der Waals surface area contributed by atoms with Crippen molar-refractivity contribution in [1.29, 1.82) is 0 Å². The average Bonchev–Trinajstić information content (AvgIpc) is 2.32. The fourth-order valence-electron chi connectivity index (χ4n) is 1.14. The van der Waals surface area contributed by atoms with E-state index in [1.165, 1.54) is 6.07 Å². The van der Waals surface area contributed by atoms with Crippen LogP contribution in [0.25, 0.3) is 0 Å². The summed E-state index contributed by atoms with van der Waals surface area (Å²) in [6.07, 6.45) is 5.09. The molecule has 0 heterocycles. The van der Waals surface area contributed by atoms with E-state index in [1.54, 1.807) is 23.9 Å². The molecule has 2 nitrogen and oxygen atoms in total. The van der Waals surface area contributed by atoms with E-state index < -0.39 is 11.7 Å². The Balaban J connectivity index is 2.48. The standard InChI is InChI=1S/C12H11BrFNOS/c1-2-7-17-8-6-15-12(16)9-4-3-5-10(13)11(9)14/h1,3-5H,6-8H2,(H,15,16). The molecule has 0 bridgehead atoms. The SMILES string of the molecule is C#CCSCCNC(=O)c1cccc(Br)c1F. The van der Waals surface area contributed by atoms with Crippen LogP contribution in [-0.4, -0.2) is 24.0 Å². The van der Waals surface area contributed by atoms with Gasteiger partial charge in [-0.3, -0.25) is 4.79 Å². The summed E-state index contributed by atoms with van der Waals surface area (Å²) in [6.45, 7) is 0.469. The third kappa shape index (κ3) is 4.41. The van der Waals surface area contributed by atoms with E-state index >= 15 is 0 Å². The summed E-state index contributed by atoms with van der Waals surface area (Å²) < 4.78 is 13.8. The summed E-state index contributed by atoms with van der Waals surface area (Å²) in [4.78, 5) is 11.6. The van der Waals surface area contributed by atoms with Crippen LogP contribution in [0.4, 0.5) is 4.39 Å². The zero-order valence-corrected chi connectivity index (χ0v) is 11.4. The van der Waals surface area contributed by atoms with Crippen molar-refractivity contribution >= 4 is 33.6 Å². The summed E-state index contributed by atoms with van der Waals surface area (Å²) >= 11 is 4.58. The molecule has 0 aromatic heterocycles. The summed E-state index contributed by atoms with van der Waals surface area (Å²) in [5.74, 6) is 2.86. The van der Waals surface area contributed by atoms with Crippen LogP contribution in [0.2, 0.25) is 0 Å². The van der Waals surface area contributed by atoms with Crippen molar-refractivity contribution in [2.45, 2.75) is 0 Å². The number of hydrogen-bond acceptors (Lipinski definition) is 2. The normalized spacial score (nSPS) is 9.71. The van der Waals surface area contributed by atoms with Crippen LogP contribution >= 0.6 is 27.7 Å². The van der Waals surface area contributed by atoms with E-state index in [-0.39, 0.29) is 10.0 Å². The molecule has 17 heavy (non-hydrogen) atoms. The molecule has 0 atom stereocenters. The Morgan fingerprint density at radius 2 is 2.35 bits per heavy atom. The number of amides is 1. The van der Waals surface area contributed by atoms with Gasteiger partial charge in [-0.05, 0) is 28.1 Å². The number of hydrogen-bond donors (Lipinski definition) is 1. The van der Waals surface area contributed by atoms with Crippen molar-refractivity contribution in [3.63, 3.8) is 0 Å². The molecule has 0 spiro atoms. The maximum Gasteiger partial charge on any atom is 0.254 e. The van der Waals surface area contributed by atoms with Gasteiger partial charge in [-0.1, -0.05) is 12.0 Å². The molecule has 5 heteroatoms. The topological polar surface area (TPSA) is 29.1 Å². The van der Waals surface area contributed by atoms with Crippen molar-refractivity contribution < 1.29 is 9.18 Å². The highest BCUT2D eigenvalue weighted by atomic mass is 79.9. The quantitative estimate of drug-likeness (QED) is 0.668. The van der Waals surface area contributed by atoms with Crippen LogP contribution in [0.15, 0.2) is 22.7 Å². The van der Waals surface area contributed by atoms with Crippen LogP contribution in [0.3, 0.4) is 0 Å². The third-order valence-corrected chi connectivity index (χ3v) is 3.39. The Morgan fingerprint density at radius 1 is 1.59 bits per heavy atom. The van der Waals surface area contributed by atoms with Gasteiger partial charge in [0.05, 0.1) is 15.8 Å². The number of carbonyl (C=O) groups excluding carboxylic acids is 1. The molecule has 0 radical (unpaired) electrons. The molecule has 0 aliphatic carbocycles. The van der Waals surface area contributed by atoms with Gasteiger partial charge < -0.3 is 5.32 Å². The lowest BCUT2D eigenvalue weighted by Crippen LogP contribution is -2.26. The van der Waals surface area contributed by atoms with Crippen molar-refractivity contribution in [2.24, 2.45) is 0 Å². The van der Waals surface area contributed by atoms with E-state index in [0.717, 1.165) is 0 Å². The van der Waals surface area contributed by atoms with Crippen LogP contribution in [0.1, 0.15) is 10.4 Å². The minimum absolute atomic E-state index is 0.0429. The van der Waals surface area contributed by atoms with Crippen molar-refractivity contribution in [1.82, 2.24) is 5.32 Å². The van der Waals surface area contributed by atoms with Gasteiger partial charge in [0.2, 0.25) is 0 Å². The maximum absolute atomic E-state index is 13.5. The van der Waals surface area contributed by atoms with E-state index in [2.05, 4.69) is 27.2 Å². The number of halogens is 2. The molecule has 0 fully saturated rings. The second kappa shape index (κ2) is 7.36. The summed E-state index contributed by atoms with van der Waals surface area (Å²) in [7, 11) is 0. The number of carbonyl (C=O) groups is 1. The molecule has 0 saturated carbocycles. The molecular weight excluding hydrogens is 305 g/mol. The van der Waals surface area contributed by atoms with Crippen molar-refractivity contribution in [3.05, 3.63) is 34.1 Å². The molecule has 0 unspecified atom stereocenters. The molecule has 1 N–H and O–H groups in total. The molecule has 0 aliphatic heterocycles. The molecule has 1 rings (SSSR count). The van der Waals surface area contributed by atoms with Gasteiger partial charge in [-0.2, -0.15) is 0 Å². The lowest BCUT2D eigenvalue weighted by atomic mass is 10.2. The highest BCUT2D eigenvalue weighted by Gasteiger charge is 2.12. The summed E-state index contributed by atoms with van der Waals surface area (Å²) in [5, 5.41) is 2.64. The van der Waals surface area contributed by atoms with Crippen LogP contribution in [0, 0.1) is 18.2 Å².